The molecule has 6 heteroatoms. The highest BCUT2D eigenvalue weighted by molar-refractivity contribution is 14.1. The third-order valence-corrected chi connectivity index (χ3v) is 4.87. The second-order valence-corrected chi connectivity index (χ2v) is 7.61. The van der Waals surface area contributed by atoms with E-state index < -0.39 is 0 Å². The second-order valence-electron chi connectivity index (χ2n) is 5.53. The zero-order chi connectivity index (χ0) is 17.9. The number of rotatable bonds is 5. The van der Waals surface area contributed by atoms with Gasteiger partial charge in [0.15, 0.2) is 11.5 Å². The van der Waals surface area contributed by atoms with Crippen molar-refractivity contribution in [2.45, 2.75) is 19.8 Å². The average Bonchev–Trinajstić information content (AvgIpc) is 2.55. The van der Waals surface area contributed by atoms with Crippen molar-refractivity contribution in [1.82, 2.24) is 0 Å². The number of methoxy groups -OCH3 is 2. The standard InChI is InChI=1S/C18H19BrINO3/c1-10(2)13-9-12(19)5-6-15(13)21-18(22)11-7-14(20)17(24-4)16(8-11)23-3/h5-10H,1-4H3,(H,21,22). The Bertz CT molecular complexity index is 762. The molecule has 0 aromatic heterocycles. The molecule has 0 unspecified atom stereocenters. The molecule has 4 nitrogen and oxygen atoms in total. The molecule has 2 rings (SSSR count). The van der Waals surface area contributed by atoms with Gasteiger partial charge in [0.2, 0.25) is 0 Å². The Balaban J connectivity index is 2.36. The maximum Gasteiger partial charge on any atom is 0.255 e. The van der Waals surface area contributed by atoms with Gasteiger partial charge in [-0.05, 0) is 64.4 Å². The van der Waals surface area contributed by atoms with E-state index in [9.17, 15) is 4.79 Å². The molecule has 0 fully saturated rings. The Hall–Kier alpha value is -1.28. The average molecular weight is 504 g/mol. The summed E-state index contributed by atoms with van der Waals surface area (Å²) in [7, 11) is 3.14. The van der Waals surface area contributed by atoms with E-state index >= 15 is 0 Å². The van der Waals surface area contributed by atoms with E-state index in [0.29, 0.717) is 23.0 Å². The molecule has 128 valence electrons. The van der Waals surface area contributed by atoms with Crippen LogP contribution in [0.4, 0.5) is 5.69 Å². The molecule has 0 saturated carbocycles. The van der Waals surface area contributed by atoms with Crippen molar-refractivity contribution in [3.8, 4) is 11.5 Å². The molecule has 0 heterocycles. The maximum absolute atomic E-state index is 12.7. The predicted molar refractivity (Wildman–Crippen MR) is 108 cm³/mol. The molecular formula is C18H19BrINO3. The van der Waals surface area contributed by atoms with Gasteiger partial charge in [0.05, 0.1) is 17.8 Å². The number of hydrogen-bond acceptors (Lipinski definition) is 3. The summed E-state index contributed by atoms with van der Waals surface area (Å²) in [6, 6.07) is 9.32. The number of amides is 1. The fourth-order valence-electron chi connectivity index (χ4n) is 2.37. The molecular weight excluding hydrogens is 485 g/mol. The van der Waals surface area contributed by atoms with Gasteiger partial charge in [-0.25, -0.2) is 0 Å². The Morgan fingerprint density at radius 3 is 2.46 bits per heavy atom. The van der Waals surface area contributed by atoms with Crippen LogP contribution in [0, 0.1) is 3.57 Å². The lowest BCUT2D eigenvalue weighted by Gasteiger charge is -2.16. The first-order chi connectivity index (χ1) is 11.4. The van der Waals surface area contributed by atoms with Crippen LogP contribution in [-0.2, 0) is 0 Å². The lowest BCUT2D eigenvalue weighted by atomic mass is 10.0. The lowest BCUT2D eigenvalue weighted by molar-refractivity contribution is 0.102. The Labute approximate surface area is 164 Å². The van der Waals surface area contributed by atoms with Crippen LogP contribution in [0.2, 0.25) is 0 Å². The van der Waals surface area contributed by atoms with Crippen LogP contribution in [-0.4, -0.2) is 20.1 Å². The van der Waals surface area contributed by atoms with Crippen LogP contribution in [0.1, 0.15) is 35.7 Å². The van der Waals surface area contributed by atoms with E-state index in [1.54, 1.807) is 26.4 Å². The van der Waals surface area contributed by atoms with Crippen molar-refractivity contribution >= 4 is 50.1 Å². The van der Waals surface area contributed by atoms with Gasteiger partial charge < -0.3 is 14.8 Å². The molecule has 0 radical (unpaired) electrons. The highest BCUT2D eigenvalue weighted by atomic mass is 127. The fraction of sp³-hybridized carbons (Fsp3) is 0.278. The van der Waals surface area contributed by atoms with Crippen molar-refractivity contribution in [3.63, 3.8) is 0 Å². The minimum absolute atomic E-state index is 0.182. The van der Waals surface area contributed by atoms with Gasteiger partial charge in [0.1, 0.15) is 0 Å². The molecule has 0 atom stereocenters. The normalized spacial score (nSPS) is 10.6. The third-order valence-electron chi connectivity index (χ3n) is 3.58. The number of carbonyl (C=O) groups excluding carboxylic acids is 1. The van der Waals surface area contributed by atoms with E-state index in [4.69, 9.17) is 9.47 Å². The topological polar surface area (TPSA) is 47.6 Å². The van der Waals surface area contributed by atoms with Crippen LogP contribution in [0.25, 0.3) is 0 Å². The van der Waals surface area contributed by atoms with Crippen LogP contribution in [0.3, 0.4) is 0 Å². The van der Waals surface area contributed by atoms with E-state index in [0.717, 1.165) is 19.3 Å². The SMILES string of the molecule is COc1cc(C(=O)Nc2ccc(Br)cc2C(C)C)cc(I)c1OC. The summed E-state index contributed by atoms with van der Waals surface area (Å²) < 4.78 is 12.4. The highest BCUT2D eigenvalue weighted by Gasteiger charge is 2.16. The Kier molecular flexibility index (Phi) is 6.51. The largest absolute Gasteiger partial charge is 0.493 e. The Morgan fingerprint density at radius 1 is 1.17 bits per heavy atom. The van der Waals surface area contributed by atoms with Crippen LogP contribution < -0.4 is 14.8 Å². The van der Waals surface area contributed by atoms with Gasteiger partial charge in [-0.15, -0.1) is 0 Å². The summed E-state index contributed by atoms with van der Waals surface area (Å²) in [6.45, 7) is 4.19. The van der Waals surface area contributed by atoms with E-state index in [-0.39, 0.29) is 5.91 Å². The summed E-state index contributed by atoms with van der Waals surface area (Å²) in [5.41, 5.74) is 2.41. The summed E-state index contributed by atoms with van der Waals surface area (Å²) in [4.78, 5) is 12.7. The van der Waals surface area contributed by atoms with Gasteiger partial charge in [-0.2, -0.15) is 0 Å². The number of hydrogen-bond donors (Lipinski definition) is 1. The minimum atomic E-state index is -0.182. The van der Waals surface area contributed by atoms with Gasteiger partial charge >= 0.3 is 0 Å². The molecule has 0 aliphatic rings. The quantitative estimate of drug-likeness (QED) is 0.552. The first-order valence-electron chi connectivity index (χ1n) is 7.39. The van der Waals surface area contributed by atoms with Crippen LogP contribution in [0.15, 0.2) is 34.8 Å². The number of nitrogens with one attached hydrogen (secondary N) is 1. The summed E-state index contributed by atoms with van der Waals surface area (Å²) in [6.07, 6.45) is 0. The van der Waals surface area contributed by atoms with Gasteiger partial charge in [0.25, 0.3) is 5.91 Å². The molecule has 2 aromatic carbocycles. The third kappa shape index (κ3) is 4.22. The molecule has 0 spiro atoms. The molecule has 0 aliphatic carbocycles. The fourth-order valence-corrected chi connectivity index (χ4v) is 3.57. The van der Waals surface area contributed by atoms with Crippen molar-refractivity contribution in [2.24, 2.45) is 0 Å². The summed E-state index contributed by atoms with van der Waals surface area (Å²) >= 11 is 5.61. The van der Waals surface area contributed by atoms with E-state index in [2.05, 4.69) is 57.7 Å². The van der Waals surface area contributed by atoms with Crippen molar-refractivity contribution in [1.29, 1.82) is 0 Å². The minimum Gasteiger partial charge on any atom is -0.493 e. The molecule has 1 amide bonds. The zero-order valence-corrected chi connectivity index (χ0v) is 17.7. The maximum atomic E-state index is 12.7. The predicted octanol–water partition coefficient (Wildman–Crippen LogP) is 5.45. The van der Waals surface area contributed by atoms with E-state index in [1.165, 1.54) is 0 Å². The van der Waals surface area contributed by atoms with E-state index in [1.807, 2.05) is 18.2 Å². The Morgan fingerprint density at radius 2 is 1.88 bits per heavy atom. The summed E-state index contributed by atoms with van der Waals surface area (Å²) in [5, 5.41) is 2.99. The van der Waals surface area contributed by atoms with Gasteiger partial charge in [-0.3, -0.25) is 4.79 Å². The molecule has 0 saturated heterocycles. The first-order valence-corrected chi connectivity index (χ1v) is 9.26. The van der Waals surface area contributed by atoms with Gasteiger partial charge in [0, 0.05) is 15.7 Å². The molecule has 0 aliphatic heterocycles. The first kappa shape index (κ1) is 19.1. The molecule has 24 heavy (non-hydrogen) atoms. The number of benzene rings is 2. The zero-order valence-electron chi connectivity index (χ0n) is 13.9. The monoisotopic (exact) mass is 503 g/mol. The van der Waals surface area contributed by atoms with Gasteiger partial charge in [-0.1, -0.05) is 29.8 Å². The van der Waals surface area contributed by atoms with Crippen LogP contribution >= 0.6 is 38.5 Å². The lowest BCUT2D eigenvalue weighted by Crippen LogP contribution is -2.14. The molecule has 2 aromatic rings. The van der Waals surface area contributed by atoms with Crippen LogP contribution in [0.5, 0.6) is 11.5 Å². The number of halogens is 2. The number of carbonyl (C=O) groups is 1. The second kappa shape index (κ2) is 8.20. The smallest absolute Gasteiger partial charge is 0.255 e. The molecule has 1 N–H and O–H groups in total. The number of anilines is 1. The highest BCUT2D eigenvalue weighted by Crippen LogP contribution is 2.34. The van der Waals surface area contributed by atoms with Crippen molar-refractivity contribution in [3.05, 3.63) is 49.5 Å². The van der Waals surface area contributed by atoms with Crippen molar-refractivity contribution in [2.75, 3.05) is 19.5 Å². The van der Waals surface area contributed by atoms with Crippen molar-refractivity contribution < 1.29 is 14.3 Å². The number of ether oxygens (including phenoxy) is 2. The summed E-state index contributed by atoms with van der Waals surface area (Å²) in [5.74, 6) is 1.28. The molecule has 0 bridgehead atoms.